The van der Waals surface area contributed by atoms with Crippen molar-refractivity contribution < 1.29 is 9.53 Å². The summed E-state index contributed by atoms with van der Waals surface area (Å²) in [5.41, 5.74) is 6.22. The van der Waals surface area contributed by atoms with Gasteiger partial charge in [0.2, 0.25) is 0 Å². The largest absolute Gasteiger partial charge is 0.484 e. The van der Waals surface area contributed by atoms with E-state index in [2.05, 4.69) is 22.5 Å². The zero-order valence-electron chi connectivity index (χ0n) is 13.4. The van der Waals surface area contributed by atoms with Crippen molar-refractivity contribution in [2.75, 3.05) is 26.2 Å². The molecule has 22 heavy (non-hydrogen) atoms. The van der Waals surface area contributed by atoms with Crippen molar-refractivity contribution in [3.63, 3.8) is 0 Å². The van der Waals surface area contributed by atoms with E-state index in [0.717, 1.165) is 38.4 Å². The lowest BCUT2D eigenvalue weighted by Crippen LogP contribution is -2.38. The highest BCUT2D eigenvalue weighted by atomic mass is 16.5. The summed E-state index contributed by atoms with van der Waals surface area (Å²) in [4.78, 5) is 15.1. The summed E-state index contributed by atoms with van der Waals surface area (Å²) < 4.78 is 5.22. The highest BCUT2D eigenvalue weighted by molar-refractivity contribution is 5.79. The van der Waals surface area contributed by atoms with Crippen molar-refractivity contribution in [3.8, 4) is 5.75 Å². The summed E-state index contributed by atoms with van der Waals surface area (Å²) in [6.45, 7) is 6.53. The molecule has 0 fully saturated rings. The van der Waals surface area contributed by atoms with E-state index < -0.39 is 5.91 Å². The van der Waals surface area contributed by atoms with Crippen LogP contribution < -0.4 is 21.1 Å². The predicted octanol–water partition coefficient (Wildman–Crippen LogP) is 1.06. The van der Waals surface area contributed by atoms with Crippen LogP contribution in [0.3, 0.4) is 0 Å². The molecule has 122 valence electrons. The number of nitrogens with zero attached hydrogens (tertiary/aromatic N) is 1. The van der Waals surface area contributed by atoms with Crippen LogP contribution in [0.5, 0.6) is 5.75 Å². The van der Waals surface area contributed by atoms with Crippen molar-refractivity contribution in [1.29, 1.82) is 0 Å². The molecule has 1 rings (SSSR count). The Kier molecular flexibility index (Phi) is 8.49. The van der Waals surface area contributed by atoms with Crippen molar-refractivity contribution in [1.82, 2.24) is 10.6 Å². The van der Waals surface area contributed by atoms with E-state index in [0.29, 0.717) is 5.75 Å². The quantitative estimate of drug-likeness (QED) is 0.470. The second kappa shape index (κ2) is 10.5. The van der Waals surface area contributed by atoms with Gasteiger partial charge in [-0.15, -0.1) is 0 Å². The van der Waals surface area contributed by atoms with Crippen molar-refractivity contribution in [2.45, 2.75) is 26.7 Å². The SMILES string of the molecule is CCCN=C(NCC)NCCc1ccc(OCC(N)=O)cc1. The number of aliphatic imine (C=N–C) groups is 1. The Balaban J connectivity index is 2.38. The van der Waals surface area contributed by atoms with Crippen molar-refractivity contribution >= 4 is 11.9 Å². The second-order valence-electron chi connectivity index (χ2n) is 4.84. The Hall–Kier alpha value is -2.24. The normalized spacial score (nSPS) is 11.1. The fraction of sp³-hybridized carbons (Fsp3) is 0.500. The first-order valence-electron chi connectivity index (χ1n) is 7.68. The van der Waals surface area contributed by atoms with E-state index in [-0.39, 0.29) is 6.61 Å². The summed E-state index contributed by atoms with van der Waals surface area (Å²) in [6, 6.07) is 7.64. The molecule has 0 unspecified atom stereocenters. The van der Waals surface area contributed by atoms with Crippen LogP contribution in [0.4, 0.5) is 0 Å². The molecule has 0 aliphatic carbocycles. The van der Waals surface area contributed by atoms with Gasteiger partial charge in [0.1, 0.15) is 5.75 Å². The van der Waals surface area contributed by atoms with Gasteiger partial charge in [0.15, 0.2) is 12.6 Å². The lowest BCUT2D eigenvalue weighted by atomic mass is 10.1. The van der Waals surface area contributed by atoms with Gasteiger partial charge in [-0.25, -0.2) is 0 Å². The number of hydrogen-bond donors (Lipinski definition) is 3. The number of nitrogens with one attached hydrogen (secondary N) is 2. The number of carbonyl (C=O) groups is 1. The first-order chi connectivity index (χ1) is 10.7. The Labute approximate surface area is 132 Å². The van der Waals surface area contributed by atoms with Gasteiger partial charge in [-0.05, 0) is 37.5 Å². The van der Waals surface area contributed by atoms with Crippen LogP contribution in [0.2, 0.25) is 0 Å². The molecule has 0 atom stereocenters. The van der Waals surface area contributed by atoms with Crippen LogP contribution in [-0.4, -0.2) is 38.1 Å². The summed E-state index contributed by atoms with van der Waals surface area (Å²) in [5.74, 6) is 1.02. The fourth-order valence-electron chi connectivity index (χ4n) is 1.80. The van der Waals surface area contributed by atoms with E-state index in [1.807, 2.05) is 31.2 Å². The summed E-state index contributed by atoms with van der Waals surface area (Å²) >= 11 is 0. The molecule has 6 heteroatoms. The molecular formula is C16H26N4O2. The molecule has 1 aromatic carbocycles. The van der Waals surface area contributed by atoms with Gasteiger partial charge in [-0.3, -0.25) is 9.79 Å². The molecule has 1 amide bonds. The third-order valence-electron chi connectivity index (χ3n) is 2.85. The zero-order valence-corrected chi connectivity index (χ0v) is 13.4. The average molecular weight is 306 g/mol. The summed E-state index contributed by atoms with van der Waals surface area (Å²) in [5, 5.41) is 6.52. The molecule has 0 saturated heterocycles. The molecule has 0 aliphatic rings. The van der Waals surface area contributed by atoms with Crippen LogP contribution in [-0.2, 0) is 11.2 Å². The number of nitrogens with two attached hydrogens (primary N) is 1. The van der Waals surface area contributed by atoms with Crippen molar-refractivity contribution in [3.05, 3.63) is 29.8 Å². The molecule has 0 bridgehead atoms. The maximum absolute atomic E-state index is 10.6. The number of hydrogen-bond acceptors (Lipinski definition) is 3. The Morgan fingerprint density at radius 1 is 1.23 bits per heavy atom. The van der Waals surface area contributed by atoms with Crippen LogP contribution in [0, 0.1) is 0 Å². The lowest BCUT2D eigenvalue weighted by molar-refractivity contribution is -0.119. The topological polar surface area (TPSA) is 88.7 Å². The number of guanidine groups is 1. The van der Waals surface area contributed by atoms with Crippen LogP contribution in [0.15, 0.2) is 29.3 Å². The maximum atomic E-state index is 10.6. The van der Waals surface area contributed by atoms with Crippen LogP contribution in [0.25, 0.3) is 0 Å². The first-order valence-corrected chi connectivity index (χ1v) is 7.68. The zero-order chi connectivity index (χ0) is 16.2. The van der Waals surface area contributed by atoms with Gasteiger partial charge in [0.05, 0.1) is 0 Å². The monoisotopic (exact) mass is 306 g/mol. The molecule has 0 aromatic heterocycles. The van der Waals surface area contributed by atoms with Gasteiger partial charge in [0, 0.05) is 19.6 Å². The third-order valence-corrected chi connectivity index (χ3v) is 2.85. The number of rotatable bonds is 9. The smallest absolute Gasteiger partial charge is 0.255 e. The molecule has 1 aromatic rings. The molecule has 4 N–H and O–H groups in total. The molecule has 6 nitrogen and oxygen atoms in total. The summed E-state index contributed by atoms with van der Waals surface area (Å²) in [7, 11) is 0. The molecule has 0 heterocycles. The van der Waals surface area contributed by atoms with Crippen LogP contribution in [0.1, 0.15) is 25.8 Å². The van der Waals surface area contributed by atoms with E-state index in [9.17, 15) is 4.79 Å². The molecule has 0 radical (unpaired) electrons. The van der Waals surface area contributed by atoms with Crippen molar-refractivity contribution in [2.24, 2.45) is 10.7 Å². The number of benzene rings is 1. The highest BCUT2D eigenvalue weighted by Gasteiger charge is 2.00. The molecule has 0 aliphatic heterocycles. The van der Waals surface area contributed by atoms with Gasteiger partial charge in [0.25, 0.3) is 5.91 Å². The lowest BCUT2D eigenvalue weighted by Gasteiger charge is -2.11. The Morgan fingerprint density at radius 3 is 2.55 bits per heavy atom. The van der Waals surface area contributed by atoms with Gasteiger partial charge >= 0.3 is 0 Å². The van der Waals surface area contributed by atoms with Gasteiger partial charge < -0.3 is 21.1 Å². The van der Waals surface area contributed by atoms with E-state index in [4.69, 9.17) is 10.5 Å². The van der Waals surface area contributed by atoms with Gasteiger partial charge in [-0.2, -0.15) is 0 Å². The number of primary amides is 1. The summed E-state index contributed by atoms with van der Waals surface area (Å²) in [6.07, 6.45) is 1.91. The second-order valence-corrected chi connectivity index (χ2v) is 4.84. The highest BCUT2D eigenvalue weighted by Crippen LogP contribution is 2.12. The predicted molar refractivity (Wildman–Crippen MR) is 89.1 cm³/mol. The van der Waals surface area contributed by atoms with Gasteiger partial charge in [-0.1, -0.05) is 19.1 Å². The minimum atomic E-state index is -0.476. The van der Waals surface area contributed by atoms with E-state index >= 15 is 0 Å². The molecule has 0 saturated carbocycles. The number of carbonyl (C=O) groups excluding carboxylic acids is 1. The average Bonchev–Trinajstić information content (AvgIpc) is 2.51. The maximum Gasteiger partial charge on any atom is 0.255 e. The minimum Gasteiger partial charge on any atom is -0.484 e. The first kappa shape index (κ1) is 17.8. The minimum absolute atomic E-state index is 0.0964. The Morgan fingerprint density at radius 2 is 1.95 bits per heavy atom. The Bertz CT molecular complexity index is 472. The van der Waals surface area contributed by atoms with E-state index in [1.165, 1.54) is 5.56 Å². The standard InChI is InChI=1S/C16H26N4O2/c1-3-10-19-16(18-4-2)20-11-9-13-5-7-14(8-6-13)22-12-15(17)21/h5-8H,3-4,9-12H2,1-2H3,(H2,17,21)(H2,18,19,20). The number of ether oxygens (including phenoxy) is 1. The molecule has 0 spiro atoms. The number of amides is 1. The van der Waals surface area contributed by atoms with E-state index in [1.54, 1.807) is 0 Å². The molecular weight excluding hydrogens is 280 g/mol. The third kappa shape index (κ3) is 7.52. The van der Waals surface area contributed by atoms with Crippen LogP contribution >= 0.6 is 0 Å². The fourth-order valence-corrected chi connectivity index (χ4v) is 1.80.